The van der Waals surface area contributed by atoms with E-state index in [0.29, 0.717) is 17.5 Å². The number of nitrogens with one attached hydrogen (secondary N) is 1. The first-order valence-electron chi connectivity index (χ1n) is 7.15. The van der Waals surface area contributed by atoms with Crippen LogP contribution >= 0.6 is 0 Å². The number of hydrogen-bond donors (Lipinski definition) is 1. The van der Waals surface area contributed by atoms with Gasteiger partial charge in [-0.1, -0.05) is 19.9 Å². The summed E-state index contributed by atoms with van der Waals surface area (Å²) in [7, 11) is 1.58. The van der Waals surface area contributed by atoms with Crippen LogP contribution in [0, 0.1) is 0 Å². The topological polar surface area (TPSA) is 56.8 Å². The van der Waals surface area contributed by atoms with Gasteiger partial charge >= 0.3 is 5.97 Å². The molecule has 0 amide bonds. The minimum Gasteiger partial charge on any atom is -0.493 e. The molecule has 0 spiro atoms. The van der Waals surface area contributed by atoms with Gasteiger partial charge in [-0.15, -0.1) is 0 Å². The van der Waals surface area contributed by atoms with Crippen LogP contribution in [0.2, 0.25) is 0 Å². The molecule has 0 aliphatic rings. The van der Waals surface area contributed by atoms with Gasteiger partial charge in [0.2, 0.25) is 0 Å². The molecular weight excluding hydrogens is 270 g/mol. The van der Waals surface area contributed by atoms with Crippen molar-refractivity contribution in [2.45, 2.75) is 46.4 Å². The zero-order valence-corrected chi connectivity index (χ0v) is 13.4. The minimum atomic E-state index is -0.391. The Bertz CT molecular complexity index is 458. The van der Waals surface area contributed by atoms with E-state index in [9.17, 15) is 4.79 Å². The molecule has 0 saturated carbocycles. The van der Waals surface area contributed by atoms with Gasteiger partial charge in [-0.2, -0.15) is 0 Å². The second-order valence-corrected chi connectivity index (χ2v) is 5.35. The Morgan fingerprint density at radius 2 is 1.90 bits per heavy atom. The van der Waals surface area contributed by atoms with E-state index in [4.69, 9.17) is 14.2 Å². The van der Waals surface area contributed by atoms with Gasteiger partial charge in [0.05, 0.1) is 13.2 Å². The van der Waals surface area contributed by atoms with Crippen LogP contribution < -0.4 is 14.8 Å². The first-order valence-corrected chi connectivity index (χ1v) is 7.15. The van der Waals surface area contributed by atoms with E-state index in [1.54, 1.807) is 27.0 Å². The lowest BCUT2D eigenvalue weighted by molar-refractivity contribution is -0.149. The van der Waals surface area contributed by atoms with Crippen molar-refractivity contribution in [3.8, 4) is 11.5 Å². The minimum absolute atomic E-state index is 0.127. The maximum absolute atomic E-state index is 11.5. The molecule has 0 aromatic heterocycles. The summed E-state index contributed by atoms with van der Waals surface area (Å²) in [6.45, 7) is 8.41. The number of rotatable bonds is 8. The molecule has 1 N–H and O–H groups in total. The number of carbonyl (C=O) groups is 1. The number of methoxy groups -OCH3 is 1. The smallest absolute Gasteiger partial charge is 0.344 e. The Morgan fingerprint density at radius 3 is 2.48 bits per heavy atom. The molecule has 0 aliphatic carbocycles. The Balaban J connectivity index is 2.64. The van der Waals surface area contributed by atoms with Gasteiger partial charge in [-0.05, 0) is 31.5 Å². The van der Waals surface area contributed by atoms with Crippen molar-refractivity contribution >= 4 is 5.97 Å². The first kappa shape index (κ1) is 17.3. The van der Waals surface area contributed by atoms with Crippen LogP contribution in [0.1, 0.15) is 33.3 Å². The summed E-state index contributed by atoms with van der Waals surface area (Å²) in [5, 5.41) is 3.33. The monoisotopic (exact) mass is 295 g/mol. The fourth-order valence-electron chi connectivity index (χ4n) is 1.70. The molecule has 0 bridgehead atoms. The van der Waals surface area contributed by atoms with Crippen LogP contribution in [0.25, 0.3) is 0 Å². The lowest BCUT2D eigenvalue weighted by atomic mass is 10.2. The predicted molar refractivity (Wildman–Crippen MR) is 81.7 cm³/mol. The Kier molecular flexibility index (Phi) is 7.02. The summed E-state index contributed by atoms with van der Waals surface area (Å²) in [6, 6.07) is 6.07. The molecule has 0 saturated heterocycles. The fraction of sp³-hybridized carbons (Fsp3) is 0.562. The normalized spacial score (nSPS) is 10.8. The van der Waals surface area contributed by atoms with E-state index in [0.717, 1.165) is 12.1 Å². The van der Waals surface area contributed by atoms with Crippen LogP contribution in [0.5, 0.6) is 11.5 Å². The highest BCUT2D eigenvalue weighted by atomic mass is 16.6. The Hall–Kier alpha value is -1.75. The summed E-state index contributed by atoms with van der Waals surface area (Å²) in [5.41, 5.74) is 1.10. The average Bonchev–Trinajstić information content (AvgIpc) is 2.42. The number of benzene rings is 1. The fourth-order valence-corrected chi connectivity index (χ4v) is 1.70. The maximum atomic E-state index is 11.5. The van der Waals surface area contributed by atoms with Crippen molar-refractivity contribution in [2.24, 2.45) is 0 Å². The third kappa shape index (κ3) is 6.49. The summed E-state index contributed by atoms with van der Waals surface area (Å²) in [4.78, 5) is 11.5. The van der Waals surface area contributed by atoms with Crippen molar-refractivity contribution in [2.75, 3.05) is 13.7 Å². The summed E-state index contributed by atoms with van der Waals surface area (Å²) >= 11 is 0. The van der Waals surface area contributed by atoms with Gasteiger partial charge < -0.3 is 19.5 Å². The molecule has 0 radical (unpaired) electrons. The summed E-state index contributed by atoms with van der Waals surface area (Å²) in [5.74, 6) is 0.750. The van der Waals surface area contributed by atoms with Gasteiger partial charge in [-0.25, -0.2) is 4.79 Å². The standard InChI is InChI=1S/C16H25NO4/c1-11(2)17-9-13-6-7-14(15(8-13)19-5)20-10-16(18)21-12(3)4/h6-8,11-12,17H,9-10H2,1-5H3. The van der Waals surface area contributed by atoms with Gasteiger partial charge in [0, 0.05) is 12.6 Å². The maximum Gasteiger partial charge on any atom is 0.344 e. The molecule has 1 aromatic carbocycles. The van der Waals surface area contributed by atoms with Gasteiger partial charge in [0.15, 0.2) is 18.1 Å². The molecule has 118 valence electrons. The van der Waals surface area contributed by atoms with Crippen molar-refractivity contribution in [3.63, 3.8) is 0 Å². The van der Waals surface area contributed by atoms with Crippen LogP contribution in [0.4, 0.5) is 0 Å². The molecule has 0 unspecified atom stereocenters. The lowest BCUT2D eigenvalue weighted by Gasteiger charge is -2.14. The number of ether oxygens (including phenoxy) is 3. The Morgan fingerprint density at radius 1 is 1.19 bits per heavy atom. The molecular formula is C16H25NO4. The molecule has 0 fully saturated rings. The van der Waals surface area contributed by atoms with E-state index in [1.165, 1.54) is 0 Å². The second-order valence-electron chi connectivity index (χ2n) is 5.35. The first-order chi connectivity index (χ1) is 9.92. The van der Waals surface area contributed by atoms with Crippen LogP contribution in [0.3, 0.4) is 0 Å². The second kappa shape index (κ2) is 8.52. The van der Waals surface area contributed by atoms with Gasteiger partial charge in [0.25, 0.3) is 0 Å². The van der Waals surface area contributed by atoms with E-state index in [-0.39, 0.29) is 12.7 Å². The van der Waals surface area contributed by atoms with Crippen LogP contribution in [-0.2, 0) is 16.1 Å². The van der Waals surface area contributed by atoms with E-state index >= 15 is 0 Å². The zero-order chi connectivity index (χ0) is 15.8. The largest absolute Gasteiger partial charge is 0.493 e. The molecule has 1 rings (SSSR count). The van der Waals surface area contributed by atoms with Crippen molar-refractivity contribution < 1.29 is 19.0 Å². The highest BCUT2D eigenvalue weighted by molar-refractivity contribution is 5.71. The predicted octanol–water partition coefficient (Wildman–Crippen LogP) is 2.52. The molecule has 0 heterocycles. The van der Waals surface area contributed by atoms with Crippen molar-refractivity contribution in [3.05, 3.63) is 23.8 Å². The third-order valence-corrected chi connectivity index (χ3v) is 2.66. The van der Waals surface area contributed by atoms with Gasteiger partial charge in [-0.3, -0.25) is 0 Å². The number of carbonyl (C=O) groups excluding carboxylic acids is 1. The number of esters is 1. The Labute approximate surface area is 126 Å². The van der Waals surface area contributed by atoms with Crippen LogP contribution in [0.15, 0.2) is 18.2 Å². The molecule has 5 heteroatoms. The summed E-state index contributed by atoms with van der Waals surface area (Å²) < 4.78 is 15.8. The zero-order valence-electron chi connectivity index (χ0n) is 13.4. The number of hydrogen-bond acceptors (Lipinski definition) is 5. The van der Waals surface area contributed by atoms with E-state index in [2.05, 4.69) is 19.2 Å². The van der Waals surface area contributed by atoms with Crippen molar-refractivity contribution in [1.82, 2.24) is 5.32 Å². The lowest BCUT2D eigenvalue weighted by Crippen LogP contribution is -2.22. The van der Waals surface area contributed by atoms with Crippen LogP contribution in [-0.4, -0.2) is 31.8 Å². The van der Waals surface area contributed by atoms with Crippen molar-refractivity contribution in [1.29, 1.82) is 0 Å². The summed E-state index contributed by atoms with van der Waals surface area (Å²) in [6.07, 6.45) is -0.146. The molecule has 21 heavy (non-hydrogen) atoms. The molecule has 1 aromatic rings. The average molecular weight is 295 g/mol. The van der Waals surface area contributed by atoms with Gasteiger partial charge in [0.1, 0.15) is 0 Å². The highest BCUT2D eigenvalue weighted by Crippen LogP contribution is 2.28. The molecule has 0 atom stereocenters. The molecule has 5 nitrogen and oxygen atoms in total. The quantitative estimate of drug-likeness (QED) is 0.747. The highest BCUT2D eigenvalue weighted by Gasteiger charge is 2.10. The van der Waals surface area contributed by atoms with E-state index < -0.39 is 5.97 Å². The van der Waals surface area contributed by atoms with E-state index in [1.807, 2.05) is 12.1 Å². The third-order valence-electron chi connectivity index (χ3n) is 2.66. The SMILES string of the molecule is COc1cc(CNC(C)C)ccc1OCC(=O)OC(C)C. The molecule has 0 aliphatic heterocycles.